The number of fused-ring (bicyclic) bond motifs is 1. The number of rotatable bonds is 4. The summed E-state index contributed by atoms with van der Waals surface area (Å²) in [6.07, 6.45) is 4.19. The van der Waals surface area contributed by atoms with Gasteiger partial charge in [-0.25, -0.2) is 4.39 Å². The average Bonchev–Trinajstić information content (AvgIpc) is 3.06. The highest BCUT2D eigenvalue weighted by Crippen LogP contribution is 2.38. The fraction of sp³-hybridized carbons (Fsp3) is 0.400. The number of amides is 2. The standard InChI is InChI=1S/C25H27FN2O4/c1-25(2)24(31)28(16-21(29)17-7-10-19(26)11-8-17)20-15-18(9-12-22(20)32-25)23(30)27-13-5-3-4-6-14-27/h7-12,15H,3-6,13-14,16H2,1-2H3. The number of carbonyl (C=O) groups excluding carboxylic acids is 3. The SMILES string of the molecule is CC1(C)Oc2ccc(C(=O)N3CCCCCC3)cc2N(CC(=O)c2ccc(F)cc2)C1=O. The van der Waals surface area contributed by atoms with Gasteiger partial charge in [0.1, 0.15) is 11.6 Å². The number of likely N-dealkylation sites (tertiary alicyclic amines) is 1. The molecule has 4 rings (SSSR count). The molecular formula is C25H27FN2O4. The zero-order valence-electron chi connectivity index (χ0n) is 18.4. The van der Waals surface area contributed by atoms with E-state index in [2.05, 4.69) is 0 Å². The lowest BCUT2D eigenvalue weighted by molar-refractivity contribution is -0.132. The maximum atomic E-state index is 13.2. The van der Waals surface area contributed by atoms with Gasteiger partial charge in [0.15, 0.2) is 11.4 Å². The molecule has 2 amide bonds. The number of hydrogen-bond acceptors (Lipinski definition) is 4. The molecule has 0 aliphatic carbocycles. The van der Waals surface area contributed by atoms with Gasteiger partial charge in [-0.15, -0.1) is 0 Å². The molecule has 0 atom stereocenters. The molecule has 2 aliphatic heterocycles. The van der Waals surface area contributed by atoms with Crippen LogP contribution in [0.15, 0.2) is 42.5 Å². The van der Waals surface area contributed by atoms with Crippen LogP contribution in [0.1, 0.15) is 60.2 Å². The minimum absolute atomic E-state index is 0.0863. The van der Waals surface area contributed by atoms with E-state index in [0.29, 0.717) is 35.7 Å². The van der Waals surface area contributed by atoms with Crippen molar-refractivity contribution < 1.29 is 23.5 Å². The maximum absolute atomic E-state index is 13.2. The van der Waals surface area contributed by atoms with Crippen LogP contribution in [0.25, 0.3) is 0 Å². The van der Waals surface area contributed by atoms with Crippen molar-refractivity contribution in [2.75, 3.05) is 24.5 Å². The Balaban J connectivity index is 1.65. The third-order valence-electron chi connectivity index (χ3n) is 5.98. The Morgan fingerprint density at radius 3 is 2.25 bits per heavy atom. The number of ether oxygens (including phenoxy) is 1. The number of ketones is 1. The van der Waals surface area contributed by atoms with Crippen LogP contribution in [0.2, 0.25) is 0 Å². The van der Waals surface area contributed by atoms with Crippen LogP contribution in [-0.4, -0.2) is 47.7 Å². The average molecular weight is 438 g/mol. The summed E-state index contributed by atoms with van der Waals surface area (Å²) >= 11 is 0. The van der Waals surface area contributed by atoms with Crippen LogP contribution < -0.4 is 9.64 Å². The lowest BCUT2D eigenvalue weighted by Crippen LogP contribution is -2.54. The van der Waals surface area contributed by atoms with Crippen molar-refractivity contribution in [1.29, 1.82) is 0 Å². The van der Waals surface area contributed by atoms with Crippen LogP contribution in [0, 0.1) is 5.82 Å². The highest BCUT2D eigenvalue weighted by Gasteiger charge is 2.42. The van der Waals surface area contributed by atoms with E-state index in [-0.39, 0.29) is 24.1 Å². The monoisotopic (exact) mass is 438 g/mol. The second-order valence-electron chi connectivity index (χ2n) is 8.82. The first-order chi connectivity index (χ1) is 15.3. The summed E-state index contributed by atoms with van der Waals surface area (Å²) in [7, 11) is 0. The number of benzene rings is 2. The number of carbonyl (C=O) groups is 3. The van der Waals surface area contributed by atoms with Crippen molar-refractivity contribution in [3.8, 4) is 5.75 Å². The van der Waals surface area contributed by atoms with Gasteiger partial charge in [0.25, 0.3) is 11.8 Å². The summed E-state index contributed by atoms with van der Waals surface area (Å²) in [6, 6.07) is 10.2. The number of Topliss-reactive ketones (excluding diaryl/α,β-unsaturated/α-hetero) is 1. The summed E-state index contributed by atoms with van der Waals surface area (Å²) in [4.78, 5) is 42.3. The van der Waals surface area contributed by atoms with E-state index >= 15 is 0 Å². The fourth-order valence-electron chi connectivity index (χ4n) is 4.18. The van der Waals surface area contributed by atoms with E-state index in [1.807, 2.05) is 4.90 Å². The van der Waals surface area contributed by atoms with Crippen molar-refractivity contribution in [2.45, 2.75) is 45.1 Å². The topological polar surface area (TPSA) is 66.9 Å². The van der Waals surface area contributed by atoms with Gasteiger partial charge in [-0.05, 0) is 69.2 Å². The molecule has 0 unspecified atom stereocenters. The predicted octanol–water partition coefficient (Wildman–Crippen LogP) is 4.23. The summed E-state index contributed by atoms with van der Waals surface area (Å²) in [5.41, 5.74) is 0.000127. The molecule has 0 bridgehead atoms. The van der Waals surface area contributed by atoms with Crippen LogP contribution in [0.4, 0.5) is 10.1 Å². The largest absolute Gasteiger partial charge is 0.476 e. The zero-order valence-corrected chi connectivity index (χ0v) is 18.4. The molecule has 1 fully saturated rings. The van der Waals surface area contributed by atoms with Gasteiger partial charge in [0, 0.05) is 24.2 Å². The van der Waals surface area contributed by atoms with Crippen molar-refractivity contribution in [3.63, 3.8) is 0 Å². The smallest absolute Gasteiger partial charge is 0.271 e. The third kappa shape index (κ3) is 4.38. The molecule has 2 aromatic rings. The summed E-state index contributed by atoms with van der Waals surface area (Å²) in [6.45, 7) is 4.48. The quantitative estimate of drug-likeness (QED) is 0.670. The van der Waals surface area contributed by atoms with E-state index in [4.69, 9.17) is 4.74 Å². The van der Waals surface area contributed by atoms with Crippen molar-refractivity contribution in [2.24, 2.45) is 0 Å². The second kappa shape index (κ2) is 8.73. The molecular weight excluding hydrogens is 411 g/mol. The van der Waals surface area contributed by atoms with Gasteiger partial charge >= 0.3 is 0 Å². The molecule has 0 N–H and O–H groups in total. The van der Waals surface area contributed by atoms with Gasteiger partial charge in [-0.1, -0.05) is 12.8 Å². The van der Waals surface area contributed by atoms with Gasteiger partial charge in [0.05, 0.1) is 12.2 Å². The summed E-state index contributed by atoms with van der Waals surface area (Å²) < 4.78 is 19.1. The van der Waals surface area contributed by atoms with Gasteiger partial charge < -0.3 is 9.64 Å². The first kappa shape index (κ1) is 22.0. The van der Waals surface area contributed by atoms with Crippen LogP contribution >= 0.6 is 0 Å². The Bertz CT molecular complexity index is 1040. The highest BCUT2D eigenvalue weighted by atomic mass is 19.1. The Kier molecular flexibility index (Phi) is 6.00. The van der Waals surface area contributed by atoms with Crippen molar-refractivity contribution in [3.05, 3.63) is 59.4 Å². The number of halogens is 1. The Labute approximate surface area is 187 Å². The Hall–Kier alpha value is -3.22. The molecule has 0 saturated carbocycles. The molecule has 0 radical (unpaired) electrons. The van der Waals surface area contributed by atoms with Crippen molar-refractivity contribution >= 4 is 23.3 Å². The van der Waals surface area contributed by atoms with Crippen molar-refractivity contribution in [1.82, 2.24) is 4.90 Å². The highest BCUT2D eigenvalue weighted by molar-refractivity contribution is 6.10. The number of nitrogens with zero attached hydrogens (tertiary/aromatic N) is 2. The lowest BCUT2D eigenvalue weighted by atomic mass is 10.0. The third-order valence-corrected chi connectivity index (χ3v) is 5.98. The van der Waals surface area contributed by atoms with Crippen LogP contribution in [0.3, 0.4) is 0 Å². The number of hydrogen-bond donors (Lipinski definition) is 0. The second-order valence-corrected chi connectivity index (χ2v) is 8.82. The van der Waals surface area contributed by atoms with Gasteiger partial charge in [-0.3, -0.25) is 19.3 Å². The molecule has 0 aromatic heterocycles. The molecule has 7 heteroatoms. The Morgan fingerprint density at radius 2 is 1.59 bits per heavy atom. The molecule has 6 nitrogen and oxygen atoms in total. The summed E-state index contributed by atoms with van der Waals surface area (Å²) in [5.74, 6) is -0.788. The molecule has 1 saturated heterocycles. The molecule has 2 heterocycles. The van der Waals surface area contributed by atoms with E-state index in [9.17, 15) is 18.8 Å². The minimum atomic E-state index is -1.16. The minimum Gasteiger partial charge on any atom is -0.476 e. The normalized spacial score (nSPS) is 17.9. The first-order valence-corrected chi connectivity index (χ1v) is 11.0. The predicted molar refractivity (Wildman–Crippen MR) is 119 cm³/mol. The summed E-state index contributed by atoms with van der Waals surface area (Å²) in [5, 5.41) is 0. The van der Waals surface area contributed by atoms with Gasteiger partial charge in [0.2, 0.25) is 0 Å². The van der Waals surface area contributed by atoms with Gasteiger partial charge in [-0.2, -0.15) is 0 Å². The van der Waals surface area contributed by atoms with Crippen LogP contribution in [-0.2, 0) is 4.79 Å². The number of anilines is 1. The van der Waals surface area contributed by atoms with Crippen LogP contribution in [0.5, 0.6) is 5.75 Å². The first-order valence-electron chi connectivity index (χ1n) is 11.0. The van der Waals surface area contributed by atoms with E-state index in [1.165, 1.54) is 29.2 Å². The molecule has 0 spiro atoms. The molecule has 2 aromatic carbocycles. The van der Waals surface area contributed by atoms with E-state index in [1.54, 1.807) is 32.0 Å². The fourth-order valence-corrected chi connectivity index (χ4v) is 4.18. The Morgan fingerprint density at radius 1 is 0.969 bits per heavy atom. The van der Waals surface area contributed by atoms with E-state index < -0.39 is 11.4 Å². The molecule has 2 aliphatic rings. The molecule has 32 heavy (non-hydrogen) atoms. The zero-order chi connectivity index (χ0) is 22.9. The van der Waals surface area contributed by atoms with E-state index in [0.717, 1.165) is 25.7 Å². The maximum Gasteiger partial charge on any atom is 0.271 e. The molecule has 168 valence electrons. The lowest BCUT2D eigenvalue weighted by Gasteiger charge is -2.38.